The molecule has 0 bridgehead atoms. The van der Waals surface area contributed by atoms with Gasteiger partial charge in [-0.1, -0.05) is 31.4 Å². The Balaban J connectivity index is 0.00000225. The van der Waals surface area contributed by atoms with Gasteiger partial charge in [-0.15, -0.1) is 12.4 Å². The first kappa shape index (κ1) is 20.2. The summed E-state index contributed by atoms with van der Waals surface area (Å²) in [6.07, 6.45) is 6.36. The topological polar surface area (TPSA) is 58.2 Å². The van der Waals surface area contributed by atoms with Crippen LogP contribution in [0.3, 0.4) is 0 Å². The Morgan fingerprint density at radius 1 is 1.24 bits per heavy atom. The quantitative estimate of drug-likeness (QED) is 0.723. The van der Waals surface area contributed by atoms with Crippen molar-refractivity contribution in [3.63, 3.8) is 0 Å². The van der Waals surface area contributed by atoms with Crippen molar-refractivity contribution < 1.29 is 9.59 Å². The van der Waals surface area contributed by atoms with Crippen LogP contribution in [0.5, 0.6) is 0 Å². The molecule has 0 aromatic heterocycles. The minimum absolute atomic E-state index is 0. The van der Waals surface area contributed by atoms with Crippen LogP contribution >= 0.6 is 24.0 Å². The van der Waals surface area contributed by atoms with Crippen molar-refractivity contribution in [1.29, 1.82) is 0 Å². The fraction of sp³-hybridized carbons (Fsp3) is 0.579. The third-order valence-electron chi connectivity index (χ3n) is 5.06. The molecule has 138 valence electrons. The third kappa shape index (κ3) is 4.36. The summed E-state index contributed by atoms with van der Waals surface area (Å²) in [6.45, 7) is 3.90. The van der Waals surface area contributed by atoms with E-state index in [1.54, 1.807) is 0 Å². The van der Waals surface area contributed by atoms with Gasteiger partial charge >= 0.3 is 0 Å². The van der Waals surface area contributed by atoms with Gasteiger partial charge in [0.15, 0.2) is 5.78 Å². The van der Waals surface area contributed by atoms with Crippen LogP contribution in [0.25, 0.3) is 0 Å². The molecular formula is C19H26Cl2N2O2. The van der Waals surface area contributed by atoms with E-state index in [9.17, 15) is 9.59 Å². The molecule has 1 aliphatic heterocycles. The molecule has 0 saturated carbocycles. The standard InChI is InChI=1S/C19H25ClN2O2.ClH/c1-2-3-4-9-21-11-13-6-5-12-10-15(20)18-14(17(12)19(13)24)7-8-16(23)22-18;/h10,13,21H,2-9,11H2,1H3,(H,22,23);1H. The van der Waals surface area contributed by atoms with Crippen LogP contribution in [-0.4, -0.2) is 24.8 Å². The van der Waals surface area contributed by atoms with E-state index in [1.807, 2.05) is 6.07 Å². The molecule has 0 spiro atoms. The summed E-state index contributed by atoms with van der Waals surface area (Å²) in [5, 5.41) is 6.83. The minimum Gasteiger partial charge on any atom is -0.325 e. The first-order valence-electron chi connectivity index (χ1n) is 9.00. The average molecular weight is 385 g/mol. The van der Waals surface area contributed by atoms with Crippen LogP contribution in [0.4, 0.5) is 5.69 Å². The van der Waals surface area contributed by atoms with Gasteiger partial charge in [0.1, 0.15) is 0 Å². The molecule has 1 unspecified atom stereocenters. The van der Waals surface area contributed by atoms with Crippen molar-refractivity contribution in [2.45, 2.75) is 51.9 Å². The molecule has 3 rings (SSSR count). The van der Waals surface area contributed by atoms with Crippen molar-refractivity contribution in [3.8, 4) is 0 Å². The van der Waals surface area contributed by atoms with Crippen LogP contribution in [0.15, 0.2) is 6.07 Å². The number of unbranched alkanes of at least 4 members (excludes halogenated alkanes) is 2. The zero-order chi connectivity index (χ0) is 17.1. The molecule has 4 nitrogen and oxygen atoms in total. The summed E-state index contributed by atoms with van der Waals surface area (Å²) < 4.78 is 0. The van der Waals surface area contributed by atoms with Gasteiger partial charge in [-0.05, 0) is 49.4 Å². The molecular weight excluding hydrogens is 359 g/mol. The lowest BCUT2D eigenvalue weighted by Gasteiger charge is -2.29. The Morgan fingerprint density at radius 3 is 2.80 bits per heavy atom. The van der Waals surface area contributed by atoms with Crippen LogP contribution in [0.2, 0.25) is 5.02 Å². The number of hydrogen-bond acceptors (Lipinski definition) is 3. The van der Waals surface area contributed by atoms with E-state index >= 15 is 0 Å². The number of rotatable bonds is 6. The molecule has 1 amide bonds. The zero-order valence-corrected chi connectivity index (χ0v) is 16.2. The summed E-state index contributed by atoms with van der Waals surface area (Å²) in [5.41, 5.74) is 3.46. The predicted octanol–water partition coefficient (Wildman–Crippen LogP) is 4.17. The van der Waals surface area contributed by atoms with Crippen LogP contribution < -0.4 is 10.6 Å². The summed E-state index contributed by atoms with van der Waals surface area (Å²) in [4.78, 5) is 24.7. The number of fused-ring (bicyclic) bond motifs is 3. The number of halogens is 2. The fourth-order valence-corrected chi connectivity index (χ4v) is 4.02. The molecule has 2 aliphatic rings. The Morgan fingerprint density at radius 2 is 2.04 bits per heavy atom. The predicted molar refractivity (Wildman–Crippen MR) is 104 cm³/mol. The summed E-state index contributed by atoms with van der Waals surface area (Å²) in [5.74, 6) is 0.215. The lowest BCUT2D eigenvalue weighted by atomic mass is 9.78. The van der Waals surface area contributed by atoms with Crippen molar-refractivity contribution in [3.05, 3.63) is 27.8 Å². The Bertz CT molecular complexity index is 661. The highest BCUT2D eigenvalue weighted by atomic mass is 35.5. The molecule has 1 aliphatic carbocycles. The highest BCUT2D eigenvalue weighted by Crippen LogP contribution is 2.39. The number of carbonyl (C=O) groups is 2. The molecule has 2 N–H and O–H groups in total. The van der Waals surface area contributed by atoms with E-state index in [2.05, 4.69) is 17.6 Å². The second-order valence-corrected chi connectivity index (χ2v) is 7.21. The van der Waals surface area contributed by atoms with Gasteiger partial charge in [0, 0.05) is 24.4 Å². The highest BCUT2D eigenvalue weighted by Gasteiger charge is 2.33. The first-order chi connectivity index (χ1) is 11.6. The second kappa shape index (κ2) is 9.02. The van der Waals surface area contributed by atoms with Crippen LogP contribution in [0.1, 0.15) is 60.5 Å². The van der Waals surface area contributed by atoms with E-state index in [-0.39, 0.29) is 30.0 Å². The largest absolute Gasteiger partial charge is 0.325 e. The zero-order valence-electron chi connectivity index (χ0n) is 14.6. The highest BCUT2D eigenvalue weighted by molar-refractivity contribution is 6.34. The van der Waals surface area contributed by atoms with Gasteiger partial charge < -0.3 is 10.6 Å². The van der Waals surface area contributed by atoms with Gasteiger partial charge in [0.25, 0.3) is 0 Å². The molecule has 6 heteroatoms. The normalized spacial score (nSPS) is 18.9. The number of aryl methyl sites for hydroxylation is 1. The number of amides is 1. The molecule has 1 heterocycles. The van der Waals surface area contributed by atoms with Crippen LogP contribution in [0, 0.1) is 5.92 Å². The van der Waals surface area contributed by atoms with Gasteiger partial charge in [0.05, 0.1) is 10.7 Å². The van der Waals surface area contributed by atoms with E-state index < -0.39 is 0 Å². The maximum atomic E-state index is 13.0. The number of benzene rings is 1. The molecule has 0 saturated heterocycles. The van der Waals surface area contributed by atoms with Gasteiger partial charge in [-0.3, -0.25) is 9.59 Å². The number of ketones is 1. The first-order valence-corrected chi connectivity index (χ1v) is 9.38. The lowest BCUT2D eigenvalue weighted by Crippen LogP contribution is -2.34. The Kier molecular flexibility index (Phi) is 7.29. The Hall–Kier alpha value is -1.10. The monoisotopic (exact) mass is 384 g/mol. The van der Waals surface area contributed by atoms with Crippen molar-refractivity contribution >= 4 is 41.4 Å². The van der Waals surface area contributed by atoms with Gasteiger partial charge in [-0.25, -0.2) is 0 Å². The van der Waals surface area contributed by atoms with Gasteiger partial charge in [-0.2, -0.15) is 0 Å². The summed E-state index contributed by atoms with van der Waals surface area (Å²) >= 11 is 6.32. The number of hydrogen-bond donors (Lipinski definition) is 2. The summed E-state index contributed by atoms with van der Waals surface area (Å²) in [7, 11) is 0. The van der Waals surface area contributed by atoms with Crippen molar-refractivity contribution in [2.75, 3.05) is 18.4 Å². The summed E-state index contributed by atoms with van der Waals surface area (Å²) in [6, 6.07) is 1.87. The molecule has 1 aromatic rings. The fourth-order valence-electron chi connectivity index (χ4n) is 3.73. The third-order valence-corrected chi connectivity index (χ3v) is 5.36. The number of anilines is 1. The Labute approximate surface area is 160 Å². The second-order valence-electron chi connectivity index (χ2n) is 6.81. The van der Waals surface area contributed by atoms with E-state index in [4.69, 9.17) is 11.6 Å². The average Bonchev–Trinajstić information content (AvgIpc) is 2.57. The van der Waals surface area contributed by atoms with Crippen molar-refractivity contribution in [2.24, 2.45) is 5.92 Å². The number of carbonyl (C=O) groups excluding carboxylic acids is 2. The smallest absolute Gasteiger partial charge is 0.224 e. The van der Waals surface area contributed by atoms with Gasteiger partial charge in [0.2, 0.25) is 5.91 Å². The van der Waals surface area contributed by atoms with E-state index in [0.717, 1.165) is 49.0 Å². The van der Waals surface area contributed by atoms with Crippen molar-refractivity contribution in [1.82, 2.24) is 5.32 Å². The molecule has 25 heavy (non-hydrogen) atoms. The van der Waals surface area contributed by atoms with Crippen LogP contribution in [-0.2, 0) is 17.6 Å². The maximum Gasteiger partial charge on any atom is 0.224 e. The minimum atomic E-state index is -0.0262. The molecule has 1 atom stereocenters. The maximum absolute atomic E-state index is 13.0. The lowest BCUT2D eigenvalue weighted by molar-refractivity contribution is -0.116. The number of nitrogens with one attached hydrogen (secondary N) is 2. The van der Waals surface area contributed by atoms with E-state index in [0.29, 0.717) is 23.6 Å². The SMILES string of the molecule is CCCCCNCC1CCc2cc(Cl)c3c(c2C1=O)CCC(=O)N3.Cl. The molecule has 0 fully saturated rings. The molecule has 1 aromatic carbocycles. The number of Topliss-reactive ketones (excluding diaryl/α,β-unsaturated/α-hetero) is 1. The van der Waals surface area contributed by atoms with E-state index in [1.165, 1.54) is 12.8 Å². The molecule has 0 radical (unpaired) electrons.